The highest BCUT2D eigenvalue weighted by Gasteiger charge is 2.38. The van der Waals surface area contributed by atoms with Gasteiger partial charge in [0, 0.05) is 63.5 Å². The van der Waals surface area contributed by atoms with Gasteiger partial charge in [0.15, 0.2) is 0 Å². The number of aromatic hydroxyl groups is 1. The van der Waals surface area contributed by atoms with E-state index in [2.05, 4.69) is 33.2 Å². The van der Waals surface area contributed by atoms with E-state index in [1.807, 2.05) is 37.2 Å². The number of fused-ring (bicyclic) bond motifs is 1. The van der Waals surface area contributed by atoms with E-state index in [9.17, 15) is 9.90 Å². The van der Waals surface area contributed by atoms with E-state index < -0.39 is 0 Å². The maximum absolute atomic E-state index is 12.7. The Hall–Kier alpha value is -3.87. The number of morpholine rings is 1. The van der Waals surface area contributed by atoms with Crippen molar-refractivity contribution in [2.24, 2.45) is 0 Å². The summed E-state index contributed by atoms with van der Waals surface area (Å²) in [5, 5.41) is 10.2. The van der Waals surface area contributed by atoms with Gasteiger partial charge in [0.25, 0.3) is 0 Å². The Labute approximate surface area is 236 Å². The summed E-state index contributed by atoms with van der Waals surface area (Å²) in [5.74, 6) is 7.72. The van der Waals surface area contributed by atoms with Gasteiger partial charge in [-0.05, 0) is 42.7 Å². The Balaban J connectivity index is 1.36. The molecule has 9 nitrogen and oxygen atoms in total. The Kier molecular flexibility index (Phi) is 8.38. The molecule has 1 unspecified atom stereocenters. The third-order valence-electron chi connectivity index (χ3n) is 8.09. The first-order valence-electron chi connectivity index (χ1n) is 13.7. The molecule has 1 amide bonds. The number of hydrogen-bond acceptors (Lipinski definition) is 8. The van der Waals surface area contributed by atoms with Gasteiger partial charge in [0.1, 0.15) is 11.5 Å². The van der Waals surface area contributed by atoms with Crippen LogP contribution in [-0.4, -0.2) is 96.4 Å². The molecule has 2 saturated heterocycles. The Morgan fingerprint density at radius 3 is 2.90 bits per heavy atom. The molecule has 0 bridgehead atoms. The minimum atomic E-state index is -0.209. The first-order valence-corrected chi connectivity index (χ1v) is 13.7. The molecule has 3 aliphatic rings. The van der Waals surface area contributed by atoms with Gasteiger partial charge in [-0.25, -0.2) is 9.97 Å². The van der Waals surface area contributed by atoms with E-state index in [4.69, 9.17) is 14.5 Å². The highest BCUT2D eigenvalue weighted by Crippen LogP contribution is 2.33. The van der Waals surface area contributed by atoms with E-state index >= 15 is 0 Å². The van der Waals surface area contributed by atoms with E-state index in [1.54, 1.807) is 19.2 Å². The fourth-order valence-corrected chi connectivity index (χ4v) is 5.74. The number of amides is 1. The van der Waals surface area contributed by atoms with E-state index in [0.29, 0.717) is 24.7 Å². The molecule has 2 aliphatic heterocycles. The molecule has 1 aromatic carbocycles. The zero-order chi connectivity index (χ0) is 28.2. The number of carbonyl (C=O) groups is 1. The number of nitrogens with zero attached hydrogens (tertiary/aromatic N) is 5. The summed E-state index contributed by atoms with van der Waals surface area (Å²) < 4.78 is 10.9. The van der Waals surface area contributed by atoms with Gasteiger partial charge in [0.05, 0.1) is 38.0 Å². The monoisotopic (exact) mass is 543 g/mol. The fourth-order valence-electron chi connectivity index (χ4n) is 5.74. The Morgan fingerprint density at radius 1 is 1.35 bits per heavy atom. The topological polar surface area (TPSA) is 91.3 Å². The number of anilines is 1. The van der Waals surface area contributed by atoms with Crippen molar-refractivity contribution in [3.8, 4) is 23.3 Å². The second kappa shape index (κ2) is 12.1. The molecule has 1 N–H and O–H groups in total. The van der Waals surface area contributed by atoms with Crippen LogP contribution >= 0.6 is 0 Å². The number of allylic oxidation sites excluding steroid dienone is 1. The number of rotatable bonds is 7. The van der Waals surface area contributed by atoms with E-state index in [-0.39, 0.29) is 29.7 Å². The molecule has 0 saturated carbocycles. The highest BCUT2D eigenvalue weighted by molar-refractivity contribution is 5.87. The van der Waals surface area contributed by atoms with Crippen LogP contribution in [0.3, 0.4) is 0 Å². The van der Waals surface area contributed by atoms with Crippen molar-refractivity contribution in [1.29, 1.82) is 0 Å². The summed E-state index contributed by atoms with van der Waals surface area (Å²) in [4.78, 5) is 28.7. The van der Waals surface area contributed by atoms with Crippen molar-refractivity contribution >= 4 is 17.9 Å². The summed E-state index contributed by atoms with van der Waals surface area (Å²) in [6.07, 6.45) is 8.62. The van der Waals surface area contributed by atoms with Crippen molar-refractivity contribution in [2.45, 2.75) is 37.8 Å². The quantitative estimate of drug-likeness (QED) is 0.421. The maximum atomic E-state index is 12.7. The van der Waals surface area contributed by atoms with Crippen LogP contribution in [0.4, 0.5) is 5.95 Å². The molecule has 210 valence electrons. The molecule has 1 aromatic heterocycles. The molecule has 2 fully saturated rings. The smallest absolute Gasteiger partial charge is 0.246 e. The standard InChI is InChI=1S/C31H37N5O4/c1-5-30(38)36-20-24(15-25(36)19-35-11-13-40-14-12-35)34(3)31-32-18-23-8-6-7-22(9-10-28(23)33-31)27-16-26(37)17-29(39-4)21(27)2/h5,9-10,16-18,22,24-25,37H,1,8,11-15,19-20H2,2-4H3/b10-9-/t22?,24-,25-/m0/s1. The summed E-state index contributed by atoms with van der Waals surface area (Å²) in [6, 6.07) is 3.54. The minimum Gasteiger partial charge on any atom is -0.508 e. The summed E-state index contributed by atoms with van der Waals surface area (Å²) in [7, 11) is 3.59. The predicted molar refractivity (Wildman–Crippen MR) is 154 cm³/mol. The minimum absolute atomic E-state index is 0.0420. The van der Waals surface area contributed by atoms with Crippen LogP contribution in [-0.2, 0) is 16.0 Å². The molecule has 40 heavy (non-hydrogen) atoms. The number of methoxy groups -OCH3 is 1. The molecule has 9 heteroatoms. The number of phenols is 1. The van der Waals surface area contributed by atoms with Crippen molar-refractivity contribution < 1.29 is 19.4 Å². The van der Waals surface area contributed by atoms with Crippen LogP contribution in [0.15, 0.2) is 37.1 Å². The third kappa shape index (κ3) is 5.83. The number of benzene rings is 1. The normalized spacial score (nSPS) is 23.3. The zero-order valence-corrected chi connectivity index (χ0v) is 23.5. The third-order valence-corrected chi connectivity index (χ3v) is 8.09. The van der Waals surface area contributed by atoms with Crippen LogP contribution in [0, 0.1) is 18.8 Å². The number of phenolic OH excluding ortho intramolecular Hbond substituents is 1. The van der Waals surface area contributed by atoms with Crippen molar-refractivity contribution in [2.75, 3.05) is 58.5 Å². The summed E-state index contributed by atoms with van der Waals surface area (Å²) in [6.45, 7) is 10.3. The fraction of sp³-hybridized carbons (Fsp3) is 0.452. The average molecular weight is 544 g/mol. The molecule has 5 rings (SSSR count). The molecule has 3 heterocycles. The number of aromatic nitrogens is 2. The molecule has 0 spiro atoms. The van der Waals surface area contributed by atoms with E-state index in [1.165, 1.54) is 6.08 Å². The lowest BCUT2D eigenvalue weighted by Crippen LogP contribution is -2.46. The largest absolute Gasteiger partial charge is 0.508 e. The van der Waals surface area contributed by atoms with Gasteiger partial charge in [-0.3, -0.25) is 9.69 Å². The van der Waals surface area contributed by atoms with Crippen LogP contribution < -0.4 is 9.64 Å². The lowest BCUT2D eigenvalue weighted by Gasteiger charge is -2.32. The number of likely N-dealkylation sites (tertiary alicyclic amines) is 1. The molecule has 1 aliphatic carbocycles. The second-order valence-corrected chi connectivity index (χ2v) is 10.5. The van der Waals surface area contributed by atoms with Gasteiger partial charge in [-0.2, -0.15) is 0 Å². The van der Waals surface area contributed by atoms with Crippen LogP contribution in [0.5, 0.6) is 11.5 Å². The Morgan fingerprint density at radius 2 is 2.15 bits per heavy atom. The molecular weight excluding hydrogens is 506 g/mol. The average Bonchev–Trinajstić information content (AvgIpc) is 3.38. The molecule has 0 radical (unpaired) electrons. The van der Waals surface area contributed by atoms with Crippen LogP contribution in [0.1, 0.15) is 34.7 Å². The van der Waals surface area contributed by atoms with Gasteiger partial charge < -0.3 is 24.4 Å². The molecular formula is C31H37N5O4. The maximum Gasteiger partial charge on any atom is 0.246 e. The second-order valence-electron chi connectivity index (χ2n) is 10.5. The lowest BCUT2D eigenvalue weighted by atomic mass is 9.92. The Bertz CT molecular complexity index is 1360. The predicted octanol–water partition coefficient (Wildman–Crippen LogP) is 2.78. The van der Waals surface area contributed by atoms with Gasteiger partial charge in [-0.15, -0.1) is 0 Å². The lowest BCUT2D eigenvalue weighted by molar-refractivity contribution is -0.127. The number of carbonyl (C=O) groups excluding carboxylic acids is 1. The van der Waals surface area contributed by atoms with Gasteiger partial charge in [0.2, 0.25) is 11.9 Å². The van der Waals surface area contributed by atoms with E-state index in [0.717, 1.165) is 61.7 Å². The molecule has 2 aromatic rings. The van der Waals surface area contributed by atoms with Gasteiger partial charge in [-0.1, -0.05) is 24.5 Å². The van der Waals surface area contributed by atoms with Crippen molar-refractivity contribution in [1.82, 2.24) is 19.8 Å². The van der Waals surface area contributed by atoms with Gasteiger partial charge >= 0.3 is 0 Å². The van der Waals surface area contributed by atoms with Crippen molar-refractivity contribution in [3.05, 3.63) is 59.4 Å². The highest BCUT2D eigenvalue weighted by atomic mass is 16.5. The van der Waals surface area contributed by atoms with Crippen LogP contribution in [0.2, 0.25) is 0 Å². The van der Waals surface area contributed by atoms with Crippen molar-refractivity contribution in [3.63, 3.8) is 0 Å². The first-order chi connectivity index (χ1) is 19.4. The number of ether oxygens (including phenoxy) is 2. The summed E-state index contributed by atoms with van der Waals surface area (Å²) >= 11 is 0. The number of hydrogen-bond donors (Lipinski definition) is 1. The SMILES string of the molecule is C=CC(=O)N1C[C@@H](N(C)c2ncc3c(n2)/C=C\C(c2cc(O)cc(OC)c2C)C#CC3)C[C@H]1CN1CCOCC1. The van der Waals surface area contributed by atoms with Crippen LogP contribution in [0.25, 0.3) is 6.08 Å². The number of likely N-dealkylation sites (N-methyl/N-ethyl adjacent to an activating group) is 1. The molecule has 3 atom stereocenters. The summed E-state index contributed by atoms with van der Waals surface area (Å²) in [5.41, 5.74) is 3.63. The first kappa shape index (κ1) is 27.7. The zero-order valence-electron chi connectivity index (χ0n) is 23.5.